The molecule has 0 bridgehead atoms. The summed E-state index contributed by atoms with van der Waals surface area (Å²) in [5, 5.41) is 13.2. The van der Waals surface area contributed by atoms with Crippen LogP contribution in [0.1, 0.15) is 31.2 Å². The Kier molecular flexibility index (Phi) is 4.63. The predicted molar refractivity (Wildman–Crippen MR) is 96.7 cm³/mol. The summed E-state index contributed by atoms with van der Waals surface area (Å²) in [6.45, 7) is 0.976. The molecular weight excluding hydrogens is 332 g/mol. The van der Waals surface area contributed by atoms with Gasteiger partial charge in [0, 0.05) is 36.4 Å². The third kappa shape index (κ3) is 3.88. The number of H-pyrrole nitrogens is 1. The minimum absolute atomic E-state index is 0.00480. The number of pyridine rings is 1. The van der Waals surface area contributed by atoms with Gasteiger partial charge in [0.2, 0.25) is 5.91 Å². The molecule has 2 aromatic rings. The number of fused-ring (bicyclic) bond motifs is 1. The van der Waals surface area contributed by atoms with E-state index >= 15 is 0 Å². The maximum atomic E-state index is 12.3. The SMILES string of the molecule is O=C(O)CN(CC1CC1)C1CC(NC(=O)Cc2c[nH]c3ncccc23)C1. The van der Waals surface area contributed by atoms with E-state index < -0.39 is 5.97 Å². The summed E-state index contributed by atoms with van der Waals surface area (Å²) in [5.41, 5.74) is 1.74. The average Bonchev–Trinajstić information content (AvgIpc) is 3.29. The van der Waals surface area contributed by atoms with Gasteiger partial charge in [0.1, 0.15) is 5.65 Å². The lowest BCUT2D eigenvalue weighted by molar-refractivity contribution is -0.140. The fourth-order valence-corrected chi connectivity index (χ4v) is 3.76. The van der Waals surface area contributed by atoms with Gasteiger partial charge in [-0.15, -0.1) is 0 Å². The molecular formula is C19H24N4O3. The summed E-state index contributed by atoms with van der Waals surface area (Å²) in [6, 6.07) is 4.24. The second-order valence-electron chi connectivity index (χ2n) is 7.55. The molecule has 7 nitrogen and oxygen atoms in total. The number of nitrogens with one attached hydrogen (secondary N) is 2. The molecule has 0 aliphatic heterocycles. The zero-order valence-electron chi connectivity index (χ0n) is 14.6. The zero-order chi connectivity index (χ0) is 18.1. The number of hydrogen-bond donors (Lipinski definition) is 3. The molecule has 1 amide bonds. The second kappa shape index (κ2) is 7.07. The molecule has 138 valence electrons. The Bertz CT molecular complexity index is 808. The maximum absolute atomic E-state index is 12.3. The molecule has 0 unspecified atom stereocenters. The molecule has 4 rings (SSSR count). The minimum atomic E-state index is -0.772. The van der Waals surface area contributed by atoms with Gasteiger partial charge in [0.25, 0.3) is 0 Å². The van der Waals surface area contributed by atoms with Crippen LogP contribution in [0.4, 0.5) is 0 Å². The summed E-state index contributed by atoms with van der Waals surface area (Å²) in [5.74, 6) is -0.102. The van der Waals surface area contributed by atoms with E-state index in [9.17, 15) is 9.59 Å². The number of amides is 1. The fraction of sp³-hybridized carbons (Fsp3) is 0.526. The van der Waals surface area contributed by atoms with Crippen molar-refractivity contribution in [2.24, 2.45) is 5.92 Å². The molecule has 0 saturated heterocycles. The van der Waals surface area contributed by atoms with Gasteiger partial charge in [-0.25, -0.2) is 4.98 Å². The van der Waals surface area contributed by atoms with E-state index in [2.05, 4.69) is 20.2 Å². The van der Waals surface area contributed by atoms with E-state index in [4.69, 9.17) is 5.11 Å². The molecule has 0 spiro atoms. The highest BCUT2D eigenvalue weighted by Crippen LogP contribution is 2.33. The van der Waals surface area contributed by atoms with Crippen molar-refractivity contribution in [2.45, 2.75) is 44.2 Å². The Morgan fingerprint density at radius 3 is 2.88 bits per heavy atom. The third-order valence-corrected chi connectivity index (χ3v) is 5.41. The molecule has 0 atom stereocenters. The first kappa shape index (κ1) is 17.0. The number of carbonyl (C=O) groups excluding carboxylic acids is 1. The van der Waals surface area contributed by atoms with Crippen molar-refractivity contribution in [1.82, 2.24) is 20.2 Å². The Balaban J connectivity index is 1.27. The molecule has 2 aromatic heterocycles. The predicted octanol–water partition coefficient (Wildman–Crippen LogP) is 1.55. The monoisotopic (exact) mass is 356 g/mol. The van der Waals surface area contributed by atoms with Gasteiger partial charge >= 0.3 is 5.97 Å². The maximum Gasteiger partial charge on any atom is 0.317 e. The van der Waals surface area contributed by atoms with Crippen LogP contribution in [0.3, 0.4) is 0 Å². The third-order valence-electron chi connectivity index (χ3n) is 5.41. The van der Waals surface area contributed by atoms with Crippen molar-refractivity contribution in [3.63, 3.8) is 0 Å². The standard InChI is InChI=1S/C19H24N4O3/c24-17(6-13-9-21-19-16(13)2-1-5-20-19)22-14-7-15(8-14)23(11-18(25)26)10-12-3-4-12/h1-2,5,9,12,14-15H,3-4,6-8,10-11H2,(H,20,21)(H,22,24)(H,25,26). The van der Waals surface area contributed by atoms with Crippen molar-refractivity contribution in [3.05, 3.63) is 30.1 Å². The number of hydrogen-bond acceptors (Lipinski definition) is 4. The topological polar surface area (TPSA) is 98.3 Å². The van der Waals surface area contributed by atoms with E-state index in [1.807, 2.05) is 18.3 Å². The van der Waals surface area contributed by atoms with Crippen LogP contribution in [0.15, 0.2) is 24.5 Å². The molecule has 2 heterocycles. The summed E-state index contributed by atoms with van der Waals surface area (Å²) >= 11 is 0. The quantitative estimate of drug-likeness (QED) is 0.667. The van der Waals surface area contributed by atoms with Gasteiger partial charge in [-0.3, -0.25) is 14.5 Å². The number of aromatic nitrogens is 2. The van der Waals surface area contributed by atoms with E-state index in [-0.39, 0.29) is 24.5 Å². The number of nitrogens with zero attached hydrogens (tertiary/aromatic N) is 2. The van der Waals surface area contributed by atoms with Crippen LogP contribution in [-0.2, 0) is 16.0 Å². The number of aromatic amines is 1. The molecule has 2 fully saturated rings. The molecule has 0 aromatic carbocycles. The summed E-state index contributed by atoms with van der Waals surface area (Å²) in [7, 11) is 0. The van der Waals surface area contributed by atoms with E-state index in [0.29, 0.717) is 12.3 Å². The van der Waals surface area contributed by atoms with E-state index in [1.165, 1.54) is 12.8 Å². The lowest BCUT2D eigenvalue weighted by Crippen LogP contribution is -2.55. The van der Waals surface area contributed by atoms with Crippen LogP contribution >= 0.6 is 0 Å². The highest BCUT2D eigenvalue weighted by Gasteiger charge is 2.37. The van der Waals surface area contributed by atoms with Crippen LogP contribution in [-0.4, -0.2) is 57.0 Å². The van der Waals surface area contributed by atoms with Crippen LogP contribution < -0.4 is 5.32 Å². The second-order valence-corrected chi connectivity index (χ2v) is 7.55. The average molecular weight is 356 g/mol. The fourth-order valence-electron chi connectivity index (χ4n) is 3.76. The highest BCUT2D eigenvalue weighted by atomic mass is 16.4. The van der Waals surface area contributed by atoms with Gasteiger partial charge in [0.05, 0.1) is 13.0 Å². The summed E-state index contributed by atoms with van der Waals surface area (Å²) in [4.78, 5) is 32.8. The highest BCUT2D eigenvalue weighted by molar-refractivity contribution is 5.87. The number of rotatable bonds is 8. The van der Waals surface area contributed by atoms with Crippen LogP contribution in [0.2, 0.25) is 0 Å². The van der Waals surface area contributed by atoms with Crippen molar-refractivity contribution >= 4 is 22.9 Å². The lowest BCUT2D eigenvalue weighted by Gasteiger charge is -2.42. The number of carbonyl (C=O) groups is 2. The first-order valence-corrected chi connectivity index (χ1v) is 9.24. The van der Waals surface area contributed by atoms with Crippen LogP contribution in [0.25, 0.3) is 11.0 Å². The summed E-state index contributed by atoms with van der Waals surface area (Å²) < 4.78 is 0. The first-order valence-electron chi connectivity index (χ1n) is 9.24. The molecule has 3 N–H and O–H groups in total. The molecule has 2 aliphatic carbocycles. The molecule has 2 aliphatic rings. The lowest BCUT2D eigenvalue weighted by atomic mass is 9.85. The van der Waals surface area contributed by atoms with Crippen molar-refractivity contribution in [2.75, 3.05) is 13.1 Å². The molecule has 2 saturated carbocycles. The van der Waals surface area contributed by atoms with Crippen molar-refractivity contribution < 1.29 is 14.7 Å². The van der Waals surface area contributed by atoms with Crippen molar-refractivity contribution in [1.29, 1.82) is 0 Å². The minimum Gasteiger partial charge on any atom is -0.480 e. The smallest absolute Gasteiger partial charge is 0.317 e. The Morgan fingerprint density at radius 2 is 2.15 bits per heavy atom. The number of carboxylic acid groups (broad SMARTS) is 1. The first-order chi connectivity index (χ1) is 12.6. The Labute approximate surface area is 151 Å². The van der Waals surface area contributed by atoms with Gasteiger partial charge in [-0.2, -0.15) is 0 Å². The van der Waals surface area contributed by atoms with Crippen molar-refractivity contribution in [3.8, 4) is 0 Å². The normalized spacial score (nSPS) is 22.3. The van der Waals surface area contributed by atoms with E-state index in [0.717, 1.165) is 36.0 Å². The van der Waals surface area contributed by atoms with Crippen LogP contribution in [0, 0.1) is 5.92 Å². The molecule has 7 heteroatoms. The number of carboxylic acids is 1. The largest absolute Gasteiger partial charge is 0.480 e. The van der Waals surface area contributed by atoms with Gasteiger partial charge in [-0.05, 0) is 49.3 Å². The molecule has 0 radical (unpaired) electrons. The Hall–Kier alpha value is -2.41. The molecule has 26 heavy (non-hydrogen) atoms. The Morgan fingerprint density at radius 1 is 1.35 bits per heavy atom. The van der Waals surface area contributed by atoms with Gasteiger partial charge in [0.15, 0.2) is 0 Å². The summed E-state index contributed by atoms with van der Waals surface area (Å²) in [6.07, 6.45) is 7.98. The zero-order valence-corrected chi connectivity index (χ0v) is 14.6. The van der Waals surface area contributed by atoms with E-state index in [1.54, 1.807) is 6.20 Å². The van der Waals surface area contributed by atoms with Gasteiger partial charge < -0.3 is 15.4 Å². The van der Waals surface area contributed by atoms with Gasteiger partial charge in [-0.1, -0.05) is 0 Å². The van der Waals surface area contributed by atoms with Crippen LogP contribution in [0.5, 0.6) is 0 Å². The number of aliphatic carboxylic acids is 1.